The van der Waals surface area contributed by atoms with Crippen LogP contribution in [0.25, 0.3) is 0 Å². The number of carbonyl (C=O) groups is 2. The number of amides is 1. The summed E-state index contributed by atoms with van der Waals surface area (Å²) < 4.78 is 0.549. The Balaban J connectivity index is 1.40. The molecule has 0 aromatic carbocycles. The smallest absolute Gasteiger partial charge is 0.234 e. The predicted octanol–water partition coefficient (Wildman–Crippen LogP) is 4.68. The number of ketones is 1. The fourth-order valence-corrected chi connectivity index (χ4v) is 6.88. The van der Waals surface area contributed by atoms with E-state index in [0.29, 0.717) is 45.6 Å². The number of anilines is 2. The standard InChI is InChI=1S/C23H18ClN7O2S3/c24-20-13(4-2-8-27-20)28-17(33)11-35-23-30-29-22(36-23)31-14-5-1-6-15(32)19(14)18(12(10-25)21(31)26)16-7-3-9-34-16/h2-4,7-9,18H,1,5-6,11,26H2,(H,28,33). The van der Waals surface area contributed by atoms with E-state index in [4.69, 9.17) is 17.3 Å². The zero-order valence-electron chi connectivity index (χ0n) is 18.6. The summed E-state index contributed by atoms with van der Waals surface area (Å²) in [5, 5.41) is 23.8. The van der Waals surface area contributed by atoms with E-state index in [9.17, 15) is 14.9 Å². The maximum atomic E-state index is 13.1. The SMILES string of the molecule is N#CC1=C(N)N(c2nnc(SCC(=O)Nc3cccnc3Cl)s2)C2=C(C(=O)CCC2)C1c1cccs1. The highest BCUT2D eigenvalue weighted by molar-refractivity contribution is 8.01. The normalized spacial score (nSPS) is 17.7. The fraction of sp³-hybridized carbons (Fsp3) is 0.217. The molecule has 0 spiro atoms. The third kappa shape index (κ3) is 4.62. The Morgan fingerprint density at radius 3 is 2.94 bits per heavy atom. The van der Waals surface area contributed by atoms with E-state index in [1.165, 1.54) is 40.6 Å². The summed E-state index contributed by atoms with van der Waals surface area (Å²) in [5.74, 6) is -0.386. The van der Waals surface area contributed by atoms with Gasteiger partial charge in [0.1, 0.15) is 5.82 Å². The number of nitrogens with one attached hydrogen (secondary N) is 1. The third-order valence-corrected chi connectivity index (χ3v) is 8.97. The number of thiophene rings is 1. The van der Waals surface area contributed by atoms with E-state index in [0.717, 1.165) is 10.6 Å². The second-order valence-electron chi connectivity index (χ2n) is 7.86. The van der Waals surface area contributed by atoms with E-state index in [1.54, 1.807) is 17.0 Å². The van der Waals surface area contributed by atoms with Gasteiger partial charge in [-0.15, -0.1) is 21.5 Å². The van der Waals surface area contributed by atoms with E-state index in [2.05, 4.69) is 26.6 Å². The summed E-state index contributed by atoms with van der Waals surface area (Å²) in [6, 6.07) is 9.40. The van der Waals surface area contributed by atoms with Gasteiger partial charge in [0.15, 0.2) is 15.3 Å². The maximum Gasteiger partial charge on any atom is 0.234 e. The van der Waals surface area contributed by atoms with Gasteiger partial charge in [0, 0.05) is 28.8 Å². The lowest BCUT2D eigenvalue weighted by molar-refractivity contribution is -0.116. The molecule has 36 heavy (non-hydrogen) atoms. The number of halogens is 1. The number of hydrogen-bond donors (Lipinski definition) is 2. The Bertz CT molecular complexity index is 1440. The lowest BCUT2D eigenvalue weighted by Crippen LogP contribution is -2.38. The summed E-state index contributed by atoms with van der Waals surface area (Å²) >= 11 is 9.95. The Morgan fingerprint density at radius 2 is 2.19 bits per heavy atom. The molecule has 3 aromatic rings. The summed E-state index contributed by atoms with van der Waals surface area (Å²) in [6.07, 6.45) is 3.30. The lowest BCUT2D eigenvalue weighted by atomic mass is 9.78. The highest BCUT2D eigenvalue weighted by Crippen LogP contribution is 2.47. The molecule has 0 saturated carbocycles. The minimum absolute atomic E-state index is 0.0183. The van der Waals surface area contributed by atoms with Gasteiger partial charge in [-0.25, -0.2) is 4.98 Å². The summed E-state index contributed by atoms with van der Waals surface area (Å²) in [4.78, 5) is 32.0. The second-order valence-corrected chi connectivity index (χ2v) is 11.4. The molecule has 9 nitrogen and oxygen atoms in total. The number of nitrogens with zero attached hydrogens (tertiary/aromatic N) is 5. The minimum Gasteiger partial charge on any atom is -0.384 e. The molecule has 0 fully saturated rings. The molecule has 2 aliphatic rings. The number of rotatable bonds is 6. The van der Waals surface area contributed by atoms with Gasteiger partial charge < -0.3 is 11.1 Å². The third-order valence-electron chi connectivity index (χ3n) is 5.69. The van der Waals surface area contributed by atoms with Crippen molar-refractivity contribution in [3.63, 3.8) is 0 Å². The quantitative estimate of drug-likeness (QED) is 0.328. The van der Waals surface area contributed by atoms with Crippen LogP contribution >= 0.6 is 46.0 Å². The molecule has 3 aromatic heterocycles. The molecule has 5 rings (SSSR count). The van der Waals surface area contributed by atoms with Crippen LogP contribution in [0.3, 0.4) is 0 Å². The monoisotopic (exact) mass is 555 g/mol. The highest BCUT2D eigenvalue weighted by Gasteiger charge is 2.41. The topological polar surface area (TPSA) is 138 Å². The van der Waals surface area contributed by atoms with Crippen LogP contribution in [0.2, 0.25) is 5.15 Å². The molecule has 3 N–H and O–H groups in total. The molecule has 0 saturated heterocycles. The van der Waals surface area contributed by atoms with Crippen molar-refractivity contribution >= 4 is 68.5 Å². The molecule has 4 heterocycles. The largest absolute Gasteiger partial charge is 0.384 e. The zero-order chi connectivity index (χ0) is 25.2. The first-order valence-electron chi connectivity index (χ1n) is 10.8. The summed E-state index contributed by atoms with van der Waals surface area (Å²) in [6.45, 7) is 0. The van der Waals surface area contributed by atoms with E-state index >= 15 is 0 Å². The number of allylic oxidation sites excluding steroid dienone is 3. The van der Waals surface area contributed by atoms with Crippen LogP contribution in [0, 0.1) is 11.3 Å². The molecule has 13 heteroatoms. The van der Waals surface area contributed by atoms with Gasteiger partial charge in [-0.2, -0.15) is 5.26 Å². The van der Waals surface area contributed by atoms with E-state index < -0.39 is 5.92 Å². The van der Waals surface area contributed by atoms with Crippen LogP contribution in [0.1, 0.15) is 30.1 Å². The number of carbonyl (C=O) groups excluding carboxylic acids is 2. The zero-order valence-corrected chi connectivity index (χ0v) is 21.8. The number of nitriles is 1. The van der Waals surface area contributed by atoms with Crippen LogP contribution in [0.4, 0.5) is 10.8 Å². The van der Waals surface area contributed by atoms with Crippen molar-refractivity contribution < 1.29 is 9.59 Å². The van der Waals surface area contributed by atoms with Crippen LogP contribution in [0.5, 0.6) is 0 Å². The molecular weight excluding hydrogens is 538 g/mol. The average molecular weight is 556 g/mol. The van der Waals surface area contributed by atoms with Gasteiger partial charge in [-0.3, -0.25) is 14.5 Å². The van der Waals surface area contributed by atoms with Gasteiger partial charge in [-0.1, -0.05) is 40.8 Å². The van der Waals surface area contributed by atoms with Gasteiger partial charge in [0.05, 0.1) is 29.0 Å². The van der Waals surface area contributed by atoms with E-state index in [1.807, 2.05) is 17.5 Å². The Morgan fingerprint density at radius 1 is 1.33 bits per heavy atom. The second kappa shape index (κ2) is 10.4. The molecule has 182 valence electrons. The van der Waals surface area contributed by atoms with Gasteiger partial charge >= 0.3 is 0 Å². The molecular formula is C23H18ClN7O2S3. The van der Waals surface area contributed by atoms with Crippen molar-refractivity contribution in [3.8, 4) is 6.07 Å². The van der Waals surface area contributed by atoms with Crippen molar-refractivity contribution in [3.05, 3.63) is 68.5 Å². The van der Waals surface area contributed by atoms with Crippen molar-refractivity contribution in [2.45, 2.75) is 29.5 Å². The first-order valence-corrected chi connectivity index (χ1v) is 13.9. The van der Waals surface area contributed by atoms with Crippen LogP contribution in [-0.2, 0) is 9.59 Å². The molecule has 1 aliphatic heterocycles. The average Bonchev–Trinajstić information content (AvgIpc) is 3.56. The number of hydrogen-bond acceptors (Lipinski definition) is 11. The summed E-state index contributed by atoms with van der Waals surface area (Å²) in [5.41, 5.74) is 8.66. The van der Waals surface area contributed by atoms with Crippen LogP contribution in [-0.4, -0.2) is 32.6 Å². The molecule has 0 bridgehead atoms. The fourth-order valence-electron chi connectivity index (χ4n) is 4.19. The van der Waals surface area contributed by atoms with Crippen LogP contribution in [0.15, 0.2) is 62.8 Å². The molecule has 0 radical (unpaired) electrons. The van der Waals surface area contributed by atoms with Gasteiger partial charge in [0.2, 0.25) is 11.0 Å². The predicted molar refractivity (Wildman–Crippen MR) is 141 cm³/mol. The van der Waals surface area contributed by atoms with E-state index in [-0.39, 0.29) is 28.4 Å². The number of nitrogens with two attached hydrogens (primary N) is 1. The molecule has 1 amide bonds. The minimum atomic E-state index is -0.473. The molecule has 1 unspecified atom stereocenters. The first kappa shape index (κ1) is 24.5. The van der Waals surface area contributed by atoms with Crippen molar-refractivity contribution in [1.29, 1.82) is 5.26 Å². The lowest BCUT2D eigenvalue weighted by Gasteiger charge is -2.37. The number of thioether (sulfide) groups is 1. The summed E-state index contributed by atoms with van der Waals surface area (Å²) in [7, 11) is 0. The Hall–Kier alpha value is -3.24. The van der Waals surface area contributed by atoms with Crippen LogP contribution < -0.4 is 16.0 Å². The van der Waals surface area contributed by atoms with Crippen molar-refractivity contribution in [2.75, 3.05) is 16.0 Å². The number of aromatic nitrogens is 3. The van der Waals surface area contributed by atoms with Gasteiger partial charge in [0.25, 0.3) is 0 Å². The van der Waals surface area contributed by atoms with Gasteiger partial charge in [-0.05, 0) is 36.4 Å². The van der Waals surface area contributed by atoms with Crippen molar-refractivity contribution in [1.82, 2.24) is 15.2 Å². The van der Waals surface area contributed by atoms with Crippen molar-refractivity contribution in [2.24, 2.45) is 5.73 Å². The maximum absolute atomic E-state index is 13.1. The molecule has 1 aliphatic carbocycles. The first-order chi connectivity index (χ1) is 17.5. The molecule has 1 atom stereocenters. The Kier molecular flexibility index (Phi) is 7.06. The number of Topliss-reactive ketones (excluding diaryl/α,β-unsaturated/α-hetero) is 1. The highest BCUT2D eigenvalue weighted by atomic mass is 35.5. The Labute approximate surface area is 223 Å². The number of pyridine rings is 1.